The molecule has 0 aliphatic rings. The highest BCUT2D eigenvalue weighted by Gasteiger charge is 2.17. The molecular formula is C13H14N4S. The average Bonchev–Trinajstić information content (AvgIpc) is 2.98. The topological polar surface area (TPSA) is 55.9 Å². The number of nitrogens with zero attached hydrogens (tertiary/aromatic N) is 2. The molecule has 1 atom stereocenters. The third kappa shape index (κ3) is 1.82. The minimum atomic E-state index is -0.0187. The Morgan fingerprint density at radius 1 is 1.39 bits per heavy atom. The lowest BCUT2D eigenvalue weighted by Gasteiger charge is -2.13. The summed E-state index contributed by atoms with van der Waals surface area (Å²) in [4.78, 5) is 0. The quantitative estimate of drug-likeness (QED) is 0.559. The van der Waals surface area contributed by atoms with Crippen molar-refractivity contribution in [1.82, 2.24) is 15.2 Å². The molecule has 4 nitrogen and oxygen atoms in total. The van der Waals surface area contributed by atoms with Gasteiger partial charge in [0.15, 0.2) is 0 Å². The van der Waals surface area contributed by atoms with E-state index in [2.05, 4.69) is 40.2 Å². The van der Waals surface area contributed by atoms with Gasteiger partial charge in [-0.15, -0.1) is 11.3 Å². The molecule has 18 heavy (non-hydrogen) atoms. The largest absolute Gasteiger partial charge is 0.275 e. The fraction of sp³-hybridized carbons (Fsp3) is 0.154. The Bertz CT molecular complexity index is 670. The summed E-state index contributed by atoms with van der Waals surface area (Å²) in [7, 11) is 1.91. The summed E-state index contributed by atoms with van der Waals surface area (Å²) in [6.45, 7) is 0. The number of hydrazine groups is 1. The zero-order chi connectivity index (χ0) is 12.5. The molecule has 0 aliphatic heterocycles. The first kappa shape index (κ1) is 11.4. The molecule has 3 aromatic rings. The number of nitrogens with two attached hydrogens (primary N) is 1. The summed E-state index contributed by atoms with van der Waals surface area (Å²) in [6.07, 6.45) is 3.83. The van der Waals surface area contributed by atoms with Crippen LogP contribution in [0.1, 0.15) is 17.2 Å². The average molecular weight is 258 g/mol. The van der Waals surface area contributed by atoms with Crippen molar-refractivity contribution < 1.29 is 0 Å². The lowest BCUT2D eigenvalue weighted by Crippen LogP contribution is -2.28. The van der Waals surface area contributed by atoms with Gasteiger partial charge >= 0.3 is 0 Å². The second kappa shape index (κ2) is 4.53. The van der Waals surface area contributed by atoms with Gasteiger partial charge < -0.3 is 0 Å². The third-order valence-corrected chi connectivity index (χ3v) is 4.03. The zero-order valence-corrected chi connectivity index (χ0v) is 10.8. The lowest BCUT2D eigenvalue weighted by molar-refractivity contribution is 0.641. The maximum Gasteiger partial charge on any atom is 0.0754 e. The molecule has 0 aliphatic carbocycles. The number of benzene rings is 1. The van der Waals surface area contributed by atoms with Crippen LogP contribution < -0.4 is 11.3 Å². The summed E-state index contributed by atoms with van der Waals surface area (Å²) in [5.74, 6) is 5.71. The van der Waals surface area contributed by atoms with Gasteiger partial charge in [0.1, 0.15) is 0 Å². The van der Waals surface area contributed by atoms with Crippen molar-refractivity contribution in [2.24, 2.45) is 12.9 Å². The van der Waals surface area contributed by atoms with Crippen LogP contribution in [0.25, 0.3) is 10.1 Å². The number of fused-ring (bicyclic) bond motifs is 1. The summed E-state index contributed by atoms with van der Waals surface area (Å²) in [5, 5.41) is 7.60. The lowest BCUT2D eigenvalue weighted by atomic mass is 10.0. The minimum absolute atomic E-state index is 0.0187. The van der Waals surface area contributed by atoms with Crippen LogP contribution in [0.2, 0.25) is 0 Å². The van der Waals surface area contributed by atoms with Gasteiger partial charge in [0, 0.05) is 23.5 Å². The number of nitrogens with one attached hydrogen (secondary N) is 1. The van der Waals surface area contributed by atoms with E-state index in [0.29, 0.717) is 0 Å². The summed E-state index contributed by atoms with van der Waals surface area (Å²) >= 11 is 1.74. The normalized spacial score (nSPS) is 13.0. The number of thiophene rings is 1. The van der Waals surface area contributed by atoms with Gasteiger partial charge in [-0.1, -0.05) is 18.2 Å². The Hall–Kier alpha value is -1.69. The second-order valence-electron chi connectivity index (χ2n) is 4.23. The van der Waals surface area contributed by atoms with Gasteiger partial charge in [0.2, 0.25) is 0 Å². The predicted octanol–water partition coefficient (Wildman–Crippen LogP) is 2.19. The highest BCUT2D eigenvalue weighted by atomic mass is 32.1. The maximum absolute atomic E-state index is 5.71. The SMILES string of the molecule is Cn1cc(C(NN)c2csc3ccccc23)cn1. The molecule has 0 spiro atoms. The van der Waals surface area contributed by atoms with Crippen LogP contribution >= 0.6 is 11.3 Å². The molecule has 1 aromatic carbocycles. The number of aromatic nitrogens is 2. The molecular weight excluding hydrogens is 244 g/mol. The Balaban J connectivity index is 2.11. The first-order chi connectivity index (χ1) is 8.79. The fourth-order valence-corrected chi connectivity index (χ4v) is 3.16. The Kier molecular flexibility index (Phi) is 2.87. The molecule has 0 saturated heterocycles. The van der Waals surface area contributed by atoms with Crippen LogP contribution in [0.5, 0.6) is 0 Å². The van der Waals surface area contributed by atoms with Crippen LogP contribution in [0.15, 0.2) is 42.0 Å². The van der Waals surface area contributed by atoms with Gasteiger partial charge in [-0.3, -0.25) is 10.5 Å². The van der Waals surface area contributed by atoms with Gasteiger partial charge in [-0.2, -0.15) is 5.10 Å². The van der Waals surface area contributed by atoms with Gasteiger partial charge in [0.25, 0.3) is 0 Å². The second-order valence-corrected chi connectivity index (χ2v) is 5.15. The number of aryl methyl sites for hydroxylation is 1. The van der Waals surface area contributed by atoms with E-state index in [-0.39, 0.29) is 6.04 Å². The van der Waals surface area contributed by atoms with Crippen molar-refractivity contribution >= 4 is 21.4 Å². The number of rotatable bonds is 3. The molecule has 2 heterocycles. The molecule has 3 N–H and O–H groups in total. The van der Waals surface area contributed by atoms with Crippen molar-refractivity contribution in [3.63, 3.8) is 0 Å². The van der Waals surface area contributed by atoms with Crippen LogP contribution in [0.3, 0.4) is 0 Å². The molecule has 5 heteroatoms. The van der Waals surface area contributed by atoms with Crippen LogP contribution in [0.4, 0.5) is 0 Å². The maximum atomic E-state index is 5.71. The predicted molar refractivity (Wildman–Crippen MR) is 74.2 cm³/mol. The smallest absolute Gasteiger partial charge is 0.0754 e. The molecule has 3 rings (SSSR count). The molecule has 92 valence electrons. The first-order valence-electron chi connectivity index (χ1n) is 5.70. The zero-order valence-electron chi connectivity index (χ0n) is 10.00. The molecule has 0 amide bonds. The number of hydrogen-bond donors (Lipinski definition) is 2. The van der Waals surface area contributed by atoms with Crippen LogP contribution in [-0.2, 0) is 7.05 Å². The molecule has 1 unspecified atom stereocenters. The van der Waals surface area contributed by atoms with E-state index in [0.717, 1.165) is 5.56 Å². The molecule has 0 radical (unpaired) electrons. The highest BCUT2D eigenvalue weighted by molar-refractivity contribution is 7.17. The van der Waals surface area contributed by atoms with Crippen LogP contribution in [-0.4, -0.2) is 9.78 Å². The molecule has 0 fully saturated rings. The van der Waals surface area contributed by atoms with Crippen molar-refractivity contribution in [3.05, 3.63) is 53.2 Å². The van der Waals surface area contributed by atoms with E-state index in [1.54, 1.807) is 16.0 Å². The van der Waals surface area contributed by atoms with Gasteiger partial charge in [-0.25, -0.2) is 5.43 Å². The number of hydrogen-bond acceptors (Lipinski definition) is 4. The van der Waals surface area contributed by atoms with Crippen molar-refractivity contribution in [1.29, 1.82) is 0 Å². The molecule has 0 bridgehead atoms. The molecule has 0 saturated carbocycles. The monoisotopic (exact) mass is 258 g/mol. The third-order valence-electron chi connectivity index (χ3n) is 3.05. The van der Waals surface area contributed by atoms with E-state index in [1.807, 2.05) is 19.4 Å². The van der Waals surface area contributed by atoms with E-state index in [4.69, 9.17) is 5.84 Å². The van der Waals surface area contributed by atoms with E-state index >= 15 is 0 Å². The minimum Gasteiger partial charge on any atom is -0.275 e. The van der Waals surface area contributed by atoms with E-state index in [9.17, 15) is 0 Å². The van der Waals surface area contributed by atoms with E-state index in [1.165, 1.54) is 15.6 Å². The highest BCUT2D eigenvalue weighted by Crippen LogP contribution is 2.32. The standard InChI is InChI=1S/C13H14N4S/c1-17-7-9(6-15-17)13(16-14)11-8-18-12-5-3-2-4-10(11)12/h2-8,13,16H,14H2,1H3. The Labute approximate surface area is 109 Å². The Morgan fingerprint density at radius 3 is 2.94 bits per heavy atom. The van der Waals surface area contributed by atoms with E-state index < -0.39 is 0 Å². The summed E-state index contributed by atoms with van der Waals surface area (Å²) < 4.78 is 3.06. The summed E-state index contributed by atoms with van der Waals surface area (Å²) in [5.41, 5.74) is 5.15. The van der Waals surface area contributed by atoms with Crippen molar-refractivity contribution in [2.45, 2.75) is 6.04 Å². The Morgan fingerprint density at radius 2 is 2.22 bits per heavy atom. The van der Waals surface area contributed by atoms with Crippen molar-refractivity contribution in [3.8, 4) is 0 Å². The first-order valence-corrected chi connectivity index (χ1v) is 6.58. The molecule has 2 aromatic heterocycles. The summed E-state index contributed by atoms with van der Waals surface area (Å²) in [6, 6.07) is 8.34. The van der Waals surface area contributed by atoms with Gasteiger partial charge in [0.05, 0.1) is 12.2 Å². The van der Waals surface area contributed by atoms with Crippen LogP contribution in [0, 0.1) is 0 Å². The fourth-order valence-electron chi connectivity index (χ4n) is 2.18. The van der Waals surface area contributed by atoms with Gasteiger partial charge in [-0.05, 0) is 22.4 Å². The van der Waals surface area contributed by atoms with Crippen molar-refractivity contribution in [2.75, 3.05) is 0 Å².